The van der Waals surface area contributed by atoms with E-state index in [0.717, 1.165) is 22.7 Å². The van der Waals surface area contributed by atoms with Crippen LogP contribution in [0.3, 0.4) is 0 Å². The normalized spacial score (nSPS) is 11.8. The van der Waals surface area contributed by atoms with E-state index in [1.165, 1.54) is 0 Å². The molecule has 4 heteroatoms. The lowest BCUT2D eigenvalue weighted by Crippen LogP contribution is -2.15. The molecule has 2 rings (SSSR count). The van der Waals surface area contributed by atoms with E-state index >= 15 is 0 Å². The van der Waals surface area contributed by atoms with Crippen LogP contribution in [0.1, 0.15) is 18.5 Å². The zero-order chi connectivity index (χ0) is 15.1. The van der Waals surface area contributed by atoms with Crippen molar-refractivity contribution in [3.63, 3.8) is 0 Å². The van der Waals surface area contributed by atoms with Crippen LogP contribution in [0.4, 0.5) is 5.69 Å². The Morgan fingerprint density at radius 2 is 1.81 bits per heavy atom. The number of aliphatic hydroxyl groups is 1. The number of methoxy groups -OCH3 is 1. The highest BCUT2D eigenvalue weighted by atomic mass is 16.5. The summed E-state index contributed by atoms with van der Waals surface area (Å²) in [7, 11) is 1.63. The molecule has 2 aromatic carbocycles. The van der Waals surface area contributed by atoms with Crippen LogP contribution >= 0.6 is 0 Å². The minimum atomic E-state index is -0.197. The molecular formula is C17H21NO3. The second-order valence-corrected chi connectivity index (χ2v) is 4.58. The van der Waals surface area contributed by atoms with Gasteiger partial charge < -0.3 is 19.9 Å². The van der Waals surface area contributed by atoms with E-state index in [-0.39, 0.29) is 12.6 Å². The molecule has 0 bridgehead atoms. The van der Waals surface area contributed by atoms with Gasteiger partial charge in [-0.3, -0.25) is 0 Å². The van der Waals surface area contributed by atoms with Gasteiger partial charge in [0.05, 0.1) is 32.1 Å². The molecule has 112 valence electrons. The average molecular weight is 287 g/mol. The van der Waals surface area contributed by atoms with Gasteiger partial charge in [-0.15, -0.1) is 0 Å². The van der Waals surface area contributed by atoms with Gasteiger partial charge in [0.2, 0.25) is 0 Å². The van der Waals surface area contributed by atoms with Crippen LogP contribution < -0.4 is 14.8 Å². The molecule has 21 heavy (non-hydrogen) atoms. The molecule has 1 atom stereocenters. The molecule has 0 saturated carbocycles. The number of benzene rings is 2. The fourth-order valence-electron chi connectivity index (χ4n) is 2.15. The van der Waals surface area contributed by atoms with E-state index in [2.05, 4.69) is 5.32 Å². The monoisotopic (exact) mass is 287 g/mol. The lowest BCUT2D eigenvalue weighted by atomic mass is 10.1. The highest BCUT2D eigenvalue weighted by Gasteiger charge is 2.12. The van der Waals surface area contributed by atoms with Crippen molar-refractivity contribution in [3.05, 3.63) is 54.1 Å². The van der Waals surface area contributed by atoms with E-state index in [4.69, 9.17) is 9.47 Å². The minimum Gasteiger partial charge on any atom is -0.495 e. The van der Waals surface area contributed by atoms with Gasteiger partial charge in [-0.25, -0.2) is 0 Å². The Hall–Kier alpha value is -2.20. The molecule has 2 N–H and O–H groups in total. The molecule has 0 radical (unpaired) electrons. The van der Waals surface area contributed by atoms with Gasteiger partial charge in [0.25, 0.3) is 0 Å². The van der Waals surface area contributed by atoms with Crippen molar-refractivity contribution in [2.75, 3.05) is 25.6 Å². The van der Waals surface area contributed by atoms with Gasteiger partial charge in [0.15, 0.2) is 0 Å². The van der Waals surface area contributed by atoms with Crippen LogP contribution in [0.15, 0.2) is 48.5 Å². The van der Waals surface area contributed by atoms with Crippen molar-refractivity contribution < 1.29 is 14.6 Å². The first-order chi connectivity index (χ1) is 10.3. The number of hydrogen-bond donors (Lipinski definition) is 2. The van der Waals surface area contributed by atoms with E-state index in [0.29, 0.717) is 6.61 Å². The summed E-state index contributed by atoms with van der Waals surface area (Å²) in [6.07, 6.45) is 0. The molecule has 0 aliphatic heterocycles. The number of anilines is 1. The summed E-state index contributed by atoms with van der Waals surface area (Å²) < 4.78 is 10.7. The van der Waals surface area contributed by atoms with Crippen molar-refractivity contribution in [1.29, 1.82) is 0 Å². The molecule has 2 aromatic rings. The third-order valence-electron chi connectivity index (χ3n) is 3.21. The Labute approximate surface area is 125 Å². The van der Waals surface area contributed by atoms with E-state index < -0.39 is 0 Å². The van der Waals surface area contributed by atoms with Gasteiger partial charge in [0.1, 0.15) is 11.5 Å². The molecule has 1 unspecified atom stereocenters. The third kappa shape index (κ3) is 3.89. The maximum absolute atomic E-state index is 9.64. The van der Waals surface area contributed by atoms with Crippen LogP contribution in [-0.4, -0.2) is 25.4 Å². The van der Waals surface area contributed by atoms with Gasteiger partial charge >= 0.3 is 0 Å². The molecule has 0 saturated heterocycles. The molecule has 0 amide bonds. The smallest absolute Gasteiger partial charge is 0.141 e. The number of hydrogen-bond acceptors (Lipinski definition) is 4. The number of rotatable bonds is 7. The highest BCUT2D eigenvalue weighted by Crippen LogP contribution is 2.28. The first kappa shape index (κ1) is 15.2. The molecule has 0 spiro atoms. The quantitative estimate of drug-likeness (QED) is 0.821. The Kier molecular flexibility index (Phi) is 5.46. The largest absolute Gasteiger partial charge is 0.495 e. The van der Waals surface area contributed by atoms with Gasteiger partial charge in [0, 0.05) is 0 Å². The number of nitrogens with one attached hydrogen (secondary N) is 1. The zero-order valence-corrected chi connectivity index (χ0v) is 12.4. The molecule has 0 aliphatic carbocycles. The maximum atomic E-state index is 9.64. The van der Waals surface area contributed by atoms with Crippen LogP contribution in [0.25, 0.3) is 0 Å². The van der Waals surface area contributed by atoms with Crippen molar-refractivity contribution in [3.8, 4) is 11.5 Å². The van der Waals surface area contributed by atoms with E-state index in [9.17, 15) is 5.11 Å². The summed E-state index contributed by atoms with van der Waals surface area (Å²) >= 11 is 0. The number of aliphatic hydroxyl groups excluding tert-OH is 1. The first-order valence-corrected chi connectivity index (χ1v) is 7.01. The van der Waals surface area contributed by atoms with Crippen molar-refractivity contribution >= 4 is 5.69 Å². The third-order valence-corrected chi connectivity index (χ3v) is 3.21. The topological polar surface area (TPSA) is 50.7 Å². The number of para-hydroxylation sites is 2. The number of ether oxygens (including phenoxy) is 2. The van der Waals surface area contributed by atoms with Gasteiger partial charge in [-0.2, -0.15) is 0 Å². The predicted octanol–water partition coefficient (Wildman–Crippen LogP) is 3.24. The standard InChI is InChI=1S/C17H21NO3/c1-3-21-14-10-8-13(9-11-14)16(12-19)18-15-6-4-5-7-17(15)20-2/h4-11,16,18-19H,3,12H2,1-2H3. The molecular weight excluding hydrogens is 266 g/mol. The van der Waals surface area contributed by atoms with Crippen LogP contribution in [0.5, 0.6) is 11.5 Å². The predicted molar refractivity (Wildman–Crippen MR) is 84.1 cm³/mol. The Bertz CT molecular complexity index is 554. The molecule has 0 aliphatic rings. The fraction of sp³-hybridized carbons (Fsp3) is 0.294. The lowest BCUT2D eigenvalue weighted by Gasteiger charge is -2.20. The van der Waals surface area contributed by atoms with Crippen LogP contribution in [-0.2, 0) is 0 Å². The van der Waals surface area contributed by atoms with Crippen molar-refractivity contribution in [1.82, 2.24) is 0 Å². The first-order valence-electron chi connectivity index (χ1n) is 7.01. The second kappa shape index (κ2) is 7.55. The SMILES string of the molecule is CCOc1ccc(C(CO)Nc2ccccc2OC)cc1. The van der Waals surface area contributed by atoms with Crippen molar-refractivity contribution in [2.45, 2.75) is 13.0 Å². The fourth-order valence-corrected chi connectivity index (χ4v) is 2.15. The molecule has 4 nitrogen and oxygen atoms in total. The molecule has 0 heterocycles. The summed E-state index contributed by atoms with van der Waals surface area (Å²) in [4.78, 5) is 0. The van der Waals surface area contributed by atoms with E-state index in [1.807, 2.05) is 55.5 Å². The van der Waals surface area contributed by atoms with Gasteiger partial charge in [-0.1, -0.05) is 24.3 Å². The summed E-state index contributed by atoms with van der Waals surface area (Å²) in [5, 5.41) is 12.9. The summed E-state index contributed by atoms with van der Waals surface area (Å²) in [6.45, 7) is 2.59. The second-order valence-electron chi connectivity index (χ2n) is 4.58. The van der Waals surface area contributed by atoms with Crippen LogP contribution in [0.2, 0.25) is 0 Å². The minimum absolute atomic E-state index is 0.00791. The highest BCUT2D eigenvalue weighted by molar-refractivity contribution is 5.57. The maximum Gasteiger partial charge on any atom is 0.141 e. The Morgan fingerprint density at radius 1 is 1.10 bits per heavy atom. The van der Waals surface area contributed by atoms with Crippen molar-refractivity contribution in [2.24, 2.45) is 0 Å². The Balaban J connectivity index is 2.15. The zero-order valence-electron chi connectivity index (χ0n) is 12.4. The molecule has 0 fully saturated rings. The van der Waals surface area contributed by atoms with Crippen LogP contribution in [0, 0.1) is 0 Å². The van der Waals surface area contributed by atoms with E-state index in [1.54, 1.807) is 7.11 Å². The summed E-state index contributed by atoms with van der Waals surface area (Å²) in [5.74, 6) is 1.58. The lowest BCUT2D eigenvalue weighted by molar-refractivity contribution is 0.276. The van der Waals surface area contributed by atoms with Gasteiger partial charge in [-0.05, 0) is 36.8 Å². The average Bonchev–Trinajstić information content (AvgIpc) is 2.54. The molecule has 0 aromatic heterocycles. The summed E-state index contributed by atoms with van der Waals surface area (Å²) in [5.41, 5.74) is 1.85. The summed E-state index contributed by atoms with van der Waals surface area (Å²) in [6, 6.07) is 15.2. The Morgan fingerprint density at radius 3 is 2.43 bits per heavy atom.